The summed E-state index contributed by atoms with van der Waals surface area (Å²) in [4.78, 5) is 23.9. The number of ether oxygens (including phenoxy) is 1. The monoisotopic (exact) mass is 365 g/mol. The van der Waals surface area contributed by atoms with E-state index in [1.165, 1.54) is 0 Å². The molecule has 0 unspecified atom stereocenters. The van der Waals surface area contributed by atoms with Crippen LogP contribution in [-0.2, 0) is 14.3 Å². The van der Waals surface area contributed by atoms with Gasteiger partial charge in [-0.2, -0.15) is 5.26 Å². The summed E-state index contributed by atoms with van der Waals surface area (Å²) in [5.74, 6) is 1.06. The van der Waals surface area contributed by atoms with E-state index in [1.807, 2.05) is 0 Å². The standard InChI is InChI=1S/C23H27NO3/c1-21-7-3-16(25)12-15(21)11-14(13-24)20-17(21)4-8-22(2)18(20)5-9-23(22)10-6-19(26)27-23/h3,7,12,14,17-18,20H,4-6,8-11H2,1-2H3/t14-,17-,18-,20+,21-,22-,23+/m0/s1. The molecule has 142 valence electrons. The Labute approximate surface area is 160 Å². The lowest BCUT2D eigenvalue weighted by Crippen LogP contribution is -2.56. The van der Waals surface area contributed by atoms with Crippen molar-refractivity contribution < 1.29 is 14.3 Å². The first-order valence-electron chi connectivity index (χ1n) is 10.4. The lowest BCUT2D eigenvalue weighted by atomic mass is 9.45. The number of hydrogen-bond acceptors (Lipinski definition) is 4. The molecule has 1 spiro atoms. The van der Waals surface area contributed by atoms with Gasteiger partial charge in [0, 0.05) is 17.3 Å². The van der Waals surface area contributed by atoms with E-state index in [4.69, 9.17) is 4.74 Å². The molecule has 0 radical (unpaired) electrons. The second-order valence-electron chi connectivity index (χ2n) is 9.88. The highest BCUT2D eigenvalue weighted by Crippen LogP contribution is 2.70. The van der Waals surface area contributed by atoms with Crippen LogP contribution in [0.25, 0.3) is 0 Å². The molecule has 5 aliphatic rings. The van der Waals surface area contributed by atoms with Crippen molar-refractivity contribution in [2.24, 2.45) is 34.5 Å². The molecule has 1 aliphatic heterocycles. The lowest BCUT2D eigenvalue weighted by molar-refractivity contribution is -0.168. The molecule has 0 N–H and O–H groups in total. The highest BCUT2D eigenvalue weighted by molar-refractivity contribution is 6.01. The summed E-state index contributed by atoms with van der Waals surface area (Å²) in [6.45, 7) is 4.58. The van der Waals surface area contributed by atoms with Crippen molar-refractivity contribution in [2.45, 2.75) is 64.4 Å². The average molecular weight is 365 g/mol. The van der Waals surface area contributed by atoms with E-state index < -0.39 is 0 Å². The van der Waals surface area contributed by atoms with E-state index in [2.05, 4.69) is 26.0 Å². The normalized spacial score (nSPS) is 50.5. The predicted molar refractivity (Wildman–Crippen MR) is 99.2 cm³/mol. The number of allylic oxidation sites excluding steroid dienone is 4. The first-order valence-corrected chi connectivity index (χ1v) is 10.4. The molecule has 4 nitrogen and oxygen atoms in total. The van der Waals surface area contributed by atoms with Crippen LogP contribution in [0.3, 0.4) is 0 Å². The molecule has 0 aromatic carbocycles. The van der Waals surface area contributed by atoms with Crippen molar-refractivity contribution in [3.05, 3.63) is 23.8 Å². The van der Waals surface area contributed by atoms with Crippen molar-refractivity contribution in [1.29, 1.82) is 5.26 Å². The van der Waals surface area contributed by atoms with Gasteiger partial charge < -0.3 is 4.74 Å². The van der Waals surface area contributed by atoms with E-state index in [-0.39, 0.29) is 34.1 Å². The van der Waals surface area contributed by atoms with Gasteiger partial charge in [-0.15, -0.1) is 0 Å². The molecule has 27 heavy (non-hydrogen) atoms. The third-order valence-electron chi connectivity index (χ3n) is 9.11. The maximum Gasteiger partial charge on any atom is 0.306 e. The number of carbonyl (C=O) groups is 2. The number of rotatable bonds is 0. The zero-order valence-corrected chi connectivity index (χ0v) is 16.2. The minimum absolute atomic E-state index is 0.0266. The van der Waals surface area contributed by atoms with Gasteiger partial charge in [0.05, 0.1) is 12.0 Å². The fourth-order valence-electron chi connectivity index (χ4n) is 7.63. The van der Waals surface area contributed by atoms with Crippen molar-refractivity contribution in [3.8, 4) is 6.07 Å². The Morgan fingerprint density at radius 2 is 1.93 bits per heavy atom. The zero-order chi connectivity index (χ0) is 19.0. The molecule has 4 fully saturated rings. The van der Waals surface area contributed by atoms with Crippen LogP contribution in [0.1, 0.15) is 58.8 Å². The quantitative estimate of drug-likeness (QED) is 0.606. The van der Waals surface area contributed by atoms with Crippen LogP contribution >= 0.6 is 0 Å². The zero-order valence-electron chi connectivity index (χ0n) is 16.2. The third kappa shape index (κ3) is 2.03. The fraction of sp³-hybridized carbons (Fsp3) is 0.696. The first-order chi connectivity index (χ1) is 12.8. The Morgan fingerprint density at radius 1 is 1.15 bits per heavy atom. The highest BCUT2D eigenvalue weighted by Gasteiger charge is 2.68. The van der Waals surface area contributed by atoms with Crippen molar-refractivity contribution in [3.63, 3.8) is 0 Å². The van der Waals surface area contributed by atoms with Crippen LogP contribution in [-0.4, -0.2) is 17.4 Å². The minimum Gasteiger partial charge on any atom is -0.458 e. The Hall–Kier alpha value is -1.89. The van der Waals surface area contributed by atoms with Gasteiger partial charge in [-0.05, 0) is 68.4 Å². The molecular formula is C23H27NO3. The van der Waals surface area contributed by atoms with Gasteiger partial charge in [0.15, 0.2) is 5.78 Å². The SMILES string of the molecule is C[C@]12C=CC(=O)C=C1C[C@@H](C#N)[C@@H]1[C@@H]2CC[C@@]2(C)[C@H]1CC[C@@]21CCC(=O)O1. The van der Waals surface area contributed by atoms with E-state index in [9.17, 15) is 14.9 Å². The van der Waals surface area contributed by atoms with Gasteiger partial charge in [0.1, 0.15) is 5.60 Å². The number of esters is 1. The molecule has 0 aromatic rings. The molecule has 1 saturated heterocycles. The fourth-order valence-corrected chi connectivity index (χ4v) is 7.63. The Kier molecular flexibility index (Phi) is 3.41. The molecule has 4 heteroatoms. The number of carbonyl (C=O) groups excluding carboxylic acids is 2. The second-order valence-corrected chi connectivity index (χ2v) is 9.88. The van der Waals surface area contributed by atoms with Crippen LogP contribution in [0.4, 0.5) is 0 Å². The topological polar surface area (TPSA) is 67.2 Å². The van der Waals surface area contributed by atoms with Gasteiger partial charge in [-0.3, -0.25) is 9.59 Å². The van der Waals surface area contributed by atoms with Crippen LogP contribution in [0.15, 0.2) is 23.8 Å². The highest BCUT2D eigenvalue weighted by atomic mass is 16.6. The Morgan fingerprint density at radius 3 is 2.63 bits per heavy atom. The largest absolute Gasteiger partial charge is 0.458 e. The van der Waals surface area contributed by atoms with Crippen LogP contribution in [0, 0.1) is 45.8 Å². The van der Waals surface area contributed by atoms with E-state index in [1.54, 1.807) is 12.2 Å². The number of ketones is 1. The Balaban J connectivity index is 1.57. The van der Waals surface area contributed by atoms with Crippen molar-refractivity contribution in [1.82, 2.24) is 0 Å². The van der Waals surface area contributed by atoms with E-state index in [0.717, 1.165) is 37.7 Å². The summed E-state index contributed by atoms with van der Waals surface area (Å²) in [6, 6.07) is 2.60. The summed E-state index contributed by atoms with van der Waals surface area (Å²) in [7, 11) is 0. The molecule has 3 saturated carbocycles. The van der Waals surface area contributed by atoms with Gasteiger partial charge in [0.2, 0.25) is 0 Å². The third-order valence-corrected chi connectivity index (χ3v) is 9.11. The summed E-state index contributed by atoms with van der Waals surface area (Å²) in [6.07, 6.45) is 11.7. The lowest BCUT2D eigenvalue weighted by Gasteiger charge is -2.59. The maximum absolute atomic E-state index is 12.0. The molecule has 0 bridgehead atoms. The molecule has 5 rings (SSSR count). The first kappa shape index (κ1) is 17.2. The Bertz CT molecular complexity index is 835. The maximum atomic E-state index is 12.0. The van der Waals surface area contributed by atoms with Gasteiger partial charge in [-0.25, -0.2) is 0 Å². The van der Waals surface area contributed by atoms with Gasteiger partial charge in [-0.1, -0.05) is 25.5 Å². The molecule has 0 aromatic heterocycles. The molecule has 0 amide bonds. The van der Waals surface area contributed by atoms with Crippen molar-refractivity contribution >= 4 is 11.8 Å². The summed E-state index contributed by atoms with van der Waals surface area (Å²) in [5.41, 5.74) is 0.692. The minimum atomic E-state index is -0.310. The second kappa shape index (κ2) is 5.34. The van der Waals surface area contributed by atoms with Crippen molar-refractivity contribution in [2.75, 3.05) is 0 Å². The summed E-state index contributed by atoms with van der Waals surface area (Å²) < 4.78 is 5.98. The smallest absolute Gasteiger partial charge is 0.306 e. The number of fused-ring (bicyclic) bond motifs is 6. The van der Waals surface area contributed by atoms with Crippen LogP contribution in [0.5, 0.6) is 0 Å². The van der Waals surface area contributed by atoms with E-state index in [0.29, 0.717) is 30.6 Å². The number of nitriles is 1. The average Bonchev–Trinajstić information content (AvgIpc) is 3.16. The number of hydrogen-bond donors (Lipinski definition) is 0. The van der Waals surface area contributed by atoms with Crippen LogP contribution in [0.2, 0.25) is 0 Å². The molecule has 4 aliphatic carbocycles. The van der Waals surface area contributed by atoms with Gasteiger partial charge in [0.25, 0.3) is 0 Å². The van der Waals surface area contributed by atoms with E-state index >= 15 is 0 Å². The van der Waals surface area contributed by atoms with Gasteiger partial charge >= 0.3 is 5.97 Å². The summed E-state index contributed by atoms with van der Waals surface area (Å²) in [5, 5.41) is 10.0. The molecule has 7 atom stereocenters. The predicted octanol–water partition coefficient (Wildman–Crippen LogP) is 4.12. The molecular weight excluding hydrogens is 338 g/mol. The molecule has 1 heterocycles. The number of nitrogens with zero attached hydrogens (tertiary/aromatic N) is 1. The summed E-state index contributed by atoms with van der Waals surface area (Å²) >= 11 is 0. The van der Waals surface area contributed by atoms with Crippen LogP contribution < -0.4 is 0 Å².